The molecule has 4 fully saturated rings. The van der Waals surface area contributed by atoms with E-state index in [9.17, 15) is 0 Å². The minimum absolute atomic E-state index is 0.0704. The van der Waals surface area contributed by atoms with E-state index >= 15 is 0 Å². The van der Waals surface area contributed by atoms with Crippen molar-refractivity contribution in [2.75, 3.05) is 6.54 Å². The number of allylic oxidation sites excluding steroid dienone is 1. The van der Waals surface area contributed by atoms with E-state index in [2.05, 4.69) is 49.4 Å². The molecule has 6 aliphatic rings. The molecule has 4 aliphatic carbocycles. The number of ether oxygens (including phenoxy) is 1. The second kappa shape index (κ2) is 7.20. The van der Waals surface area contributed by atoms with E-state index < -0.39 is 0 Å². The van der Waals surface area contributed by atoms with Gasteiger partial charge >= 0.3 is 0 Å². The maximum atomic E-state index is 7.06. The first-order chi connectivity index (χ1) is 15.9. The van der Waals surface area contributed by atoms with Gasteiger partial charge in [0.05, 0.1) is 17.9 Å². The number of nitrogens with zero attached hydrogens (tertiary/aromatic N) is 1. The molecule has 2 saturated heterocycles. The monoisotopic (exact) mass is 449 g/mol. The number of hydrogen-bond acceptors (Lipinski definition) is 3. The van der Waals surface area contributed by atoms with Crippen LogP contribution in [-0.2, 0) is 17.6 Å². The average molecular weight is 450 g/mol. The molecular weight excluding hydrogens is 406 g/mol. The molecule has 4 nitrogen and oxygen atoms in total. The van der Waals surface area contributed by atoms with Crippen molar-refractivity contribution in [1.29, 1.82) is 0 Å². The molecule has 3 heterocycles. The Labute approximate surface area is 199 Å². The summed E-state index contributed by atoms with van der Waals surface area (Å²) < 4.78 is 7.06. The van der Waals surface area contributed by atoms with Gasteiger partial charge in [-0.3, -0.25) is 5.10 Å². The van der Waals surface area contributed by atoms with E-state index in [1.54, 1.807) is 5.57 Å². The second-order valence-electron chi connectivity index (χ2n) is 13.4. The van der Waals surface area contributed by atoms with E-state index in [0.717, 1.165) is 36.1 Å². The van der Waals surface area contributed by atoms with Crippen molar-refractivity contribution in [3.05, 3.63) is 28.6 Å². The van der Waals surface area contributed by atoms with Gasteiger partial charge in [0, 0.05) is 17.7 Å². The number of rotatable bonds is 0. The first-order valence-corrected chi connectivity index (χ1v) is 14.0. The average Bonchev–Trinajstić information content (AvgIpc) is 3.43. The summed E-state index contributed by atoms with van der Waals surface area (Å²) in [6.45, 7) is 11.2. The third-order valence-electron chi connectivity index (χ3n) is 11.9. The van der Waals surface area contributed by atoms with Gasteiger partial charge in [-0.15, -0.1) is 0 Å². The molecule has 0 amide bonds. The lowest BCUT2D eigenvalue weighted by molar-refractivity contribution is -0.0733. The van der Waals surface area contributed by atoms with Gasteiger partial charge in [0.2, 0.25) is 0 Å². The maximum absolute atomic E-state index is 7.06. The molecule has 2 aliphatic heterocycles. The highest BCUT2D eigenvalue weighted by molar-refractivity contribution is 5.32. The van der Waals surface area contributed by atoms with Gasteiger partial charge in [-0.25, -0.2) is 0 Å². The molecule has 2 N–H and O–H groups in total. The summed E-state index contributed by atoms with van der Waals surface area (Å²) in [5.41, 5.74) is 7.00. The molecule has 10 atom stereocenters. The van der Waals surface area contributed by atoms with Crippen molar-refractivity contribution < 1.29 is 4.74 Å². The molecule has 2 saturated carbocycles. The quantitative estimate of drug-likeness (QED) is 0.518. The van der Waals surface area contributed by atoms with Gasteiger partial charge in [0.25, 0.3) is 0 Å². The lowest BCUT2D eigenvalue weighted by atomic mass is 9.52. The van der Waals surface area contributed by atoms with E-state index in [1.165, 1.54) is 69.0 Å². The zero-order valence-corrected chi connectivity index (χ0v) is 21.1. The Hall–Kier alpha value is -1.13. The van der Waals surface area contributed by atoms with Gasteiger partial charge in [-0.1, -0.05) is 31.9 Å². The minimum atomic E-state index is 0.0704. The molecule has 7 rings (SSSR count). The molecule has 3 unspecified atom stereocenters. The van der Waals surface area contributed by atoms with Crippen LogP contribution in [0, 0.1) is 40.9 Å². The Kier molecular flexibility index (Phi) is 4.62. The van der Waals surface area contributed by atoms with Crippen LogP contribution in [-0.4, -0.2) is 34.5 Å². The number of nitrogens with one attached hydrogen (secondary N) is 2. The van der Waals surface area contributed by atoms with Gasteiger partial charge in [-0.2, -0.15) is 5.10 Å². The number of aromatic nitrogens is 2. The number of H-pyrrole nitrogens is 1. The number of piperidine rings is 1. The lowest BCUT2D eigenvalue weighted by Gasteiger charge is -2.52. The Morgan fingerprint density at radius 2 is 2.00 bits per heavy atom. The smallest absolute Gasteiger partial charge is 0.0765 e. The number of aromatic amines is 1. The van der Waals surface area contributed by atoms with E-state index in [-0.39, 0.29) is 5.60 Å². The largest absolute Gasteiger partial charge is 0.369 e. The van der Waals surface area contributed by atoms with Gasteiger partial charge in [0.15, 0.2) is 0 Å². The molecule has 0 radical (unpaired) electrons. The Morgan fingerprint density at radius 3 is 2.88 bits per heavy atom. The van der Waals surface area contributed by atoms with Crippen molar-refractivity contribution in [2.45, 2.75) is 103 Å². The molecular formula is C29H43N3O. The molecule has 1 aromatic rings. The first kappa shape index (κ1) is 21.2. The summed E-state index contributed by atoms with van der Waals surface area (Å²) in [6.07, 6.45) is 14.2. The topological polar surface area (TPSA) is 49.9 Å². The van der Waals surface area contributed by atoms with Crippen LogP contribution in [0.4, 0.5) is 0 Å². The van der Waals surface area contributed by atoms with Crippen LogP contribution in [0.15, 0.2) is 17.3 Å². The Morgan fingerprint density at radius 1 is 1.12 bits per heavy atom. The second-order valence-corrected chi connectivity index (χ2v) is 13.4. The summed E-state index contributed by atoms with van der Waals surface area (Å²) in [6, 6.07) is 0.561. The van der Waals surface area contributed by atoms with E-state index in [0.29, 0.717) is 23.5 Å². The molecule has 0 aromatic carbocycles. The summed E-state index contributed by atoms with van der Waals surface area (Å²) >= 11 is 0. The fourth-order valence-corrected chi connectivity index (χ4v) is 10.0. The van der Waals surface area contributed by atoms with Crippen molar-refractivity contribution in [3.8, 4) is 0 Å². The molecule has 0 bridgehead atoms. The van der Waals surface area contributed by atoms with Crippen LogP contribution in [0.25, 0.3) is 0 Å². The van der Waals surface area contributed by atoms with E-state index in [4.69, 9.17) is 4.74 Å². The van der Waals surface area contributed by atoms with Crippen LogP contribution in [0.5, 0.6) is 0 Å². The minimum Gasteiger partial charge on any atom is -0.369 e. The van der Waals surface area contributed by atoms with Gasteiger partial charge < -0.3 is 10.1 Å². The van der Waals surface area contributed by atoms with Crippen LogP contribution < -0.4 is 5.32 Å². The van der Waals surface area contributed by atoms with Crippen LogP contribution in [0.1, 0.15) is 83.9 Å². The summed E-state index contributed by atoms with van der Waals surface area (Å²) in [7, 11) is 0. The van der Waals surface area contributed by atoms with Crippen molar-refractivity contribution in [3.63, 3.8) is 0 Å². The summed E-state index contributed by atoms with van der Waals surface area (Å²) in [5, 5.41) is 11.6. The normalized spacial score (nSPS) is 50.9. The van der Waals surface area contributed by atoms with Gasteiger partial charge in [-0.05, 0) is 112 Å². The predicted octanol–water partition coefficient (Wildman–Crippen LogP) is 5.45. The Bertz CT molecular complexity index is 981. The highest BCUT2D eigenvalue weighted by atomic mass is 16.5. The first-order valence-electron chi connectivity index (χ1n) is 14.0. The fraction of sp³-hybridized carbons (Fsp3) is 0.828. The van der Waals surface area contributed by atoms with Gasteiger partial charge in [0.1, 0.15) is 0 Å². The van der Waals surface area contributed by atoms with Crippen molar-refractivity contribution in [2.24, 2.45) is 40.9 Å². The van der Waals surface area contributed by atoms with Crippen LogP contribution in [0.3, 0.4) is 0 Å². The zero-order chi connectivity index (χ0) is 22.5. The zero-order valence-electron chi connectivity index (χ0n) is 21.1. The highest BCUT2D eigenvalue weighted by Gasteiger charge is 2.59. The molecule has 33 heavy (non-hydrogen) atoms. The summed E-state index contributed by atoms with van der Waals surface area (Å²) in [5.74, 6) is 4.73. The predicted molar refractivity (Wildman–Crippen MR) is 131 cm³/mol. The lowest BCUT2D eigenvalue weighted by Crippen LogP contribution is -2.48. The SMILES string of the molecule is CC1=C2CC3[C@@H](CCC4Cc5[nH]ncc5C[C@@]43C)C2CC[C@@]2(C1)O[C@@H]1C[C@H](C)CN[C@H]1[C@H]2C. The molecule has 1 aromatic heterocycles. The van der Waals surface area contributed by atoms with Crippen molar-refractivity contribution in [1.82, 2.24) is 15.5 Å². The molecule has 4 heteroatoms. The standard InChI is InChI=1S/C29H43N3O/c1-16-9-26-27(30-14-16)18(3)29(33-26)8-7-21-22-6-5-20-10-25-19(15-31-32-25)13-28(20,4)24(22)11-23(21)17(2)12-29/h15-16,18,20-22,24,26-27,30H,5-14H2,1-4H3,(H,31,32)/t16-,18+,20?,21?,22-,24?,26+,27-,28-,29-/m0/s1. The summed E-state index contributed by atoms with van der Waals surface area (Å²) in [4.78, 5) is 0. The van der Waals surface area contributed by atoms with Crippen LogP contribution in [0.2, 0.25) is 0 Å². The Balaban J connectivity index is 1.19. The van der Waals surface area contributed by atoms with E-state index in [1.807, 2.05) is 5.57 Å². The third kappa shape index (κ3) is 2.92. The van der Waals surface area contributed by atoms with Crippen LogP contribution >= 0.6 is 0 Å². The fourth-order valence-electron chi connectivity index (χ4n) is 10.0. The number of fused-ring (bicyclic) bond motifs is 7. The molecule has 1 spiro atoms. The van der Waals surface area contributed by atoms with Crippen molar-refractivity contribution >= 4 is 0 Å². The maximum Gasteiger partial charge on any atom is 0.0765 e. The number of hydrogen-bond donors (Lipinski definition) is 2. The third-order valence-corrected chi connectivity index (χ3v) is 11.9. The highest BCUT2D eigenvalue weighted by Crippen LogP contribution is 2.64. The molecule has 180 valence electrons.